The minimum Gasteiger partial charge on any atom is -0.413 e. The van der Waals surface area contributed by atoms with Gasteiger partial charge in [-0.2, -0.15) is 0 Å². The molecule has 160 valence electrons. The third-order valence-electron chi connectivity index (χ3n) is 6.79. The molecule has 0 aromatic carbocycles. The van der Waals surface area contributed by atoms with Crippen LogP contribution in [0.2, 0.25) is 55.9 Å². The molecule has 0 spiro atoms. The van der Waals surface area contributed by atoms with E-state index in [0.29, 0.717) is 0 Å². The van der Waals surface area contributed by atoms with Gasteiger partial charge in [-0.15, -0.1) is 0 Å². The zero-order valence-electron chi connectivity index (χ0n) is 20.4. The fourth-order valence-corrected chi connectivity index (χ4v) is 7.86. The summed E-state index contributed by atoms with van der Waals surface area (Å²) in [5.41, 5.74) is 0. The number of carbonyl (C=O) groups excluding carboxylic acids is 1. The summed E-state index contributed by atoms with van der Waals surface area (Å²) in [7, 11) is -5.73. The molecule has 0 N–H and O–H groups in total. The van der Waals surface area contributed by atoms with Gasteiger partial charge in [0.2, 0.25) is 5.91 Å². The van der Waals surface area contributed by atoms with Gasteiger partial charge in [0.25, 0.3) is 0 Å². The van der Waals surface area contributed by atoms with E-state index in [1.807, 2.05) is 0 Å². The molecule has 1 saturated heterocycles. The molecule has 1 aliphatic rings. The lowest BCUT2D eigenvalue weighted by Crippen LogP contribution is -2.76. The summed E-state index contributed by atoms with van der Waals surface area (Å²) in [5, 5.41) is 0.223. The molecule has 1 heterocycles. The lowest BCUT2D eigenvalue weighted by molar-refractivity contribution is -0.174. The zero-order chi connectivity index (χ0) is 21.8. The van der Waals surface area contributed by atoms with Crippen molar-refractivity contribution in [1.82, 2.24) is 4.57 Å². The van der Waals surface area contributed by atoms with E-state index in [-0.39, 0.29) is 34.2 Å². The summed E-state index contributed by atoms with van der Waals surface area (Å²) < 4.78 is 15.3. The Bertz CT molecular complexity index is 556. The number of nitrogens with zero attached hydrogens (tertiary/aromatic N) is 1. The maximum Gasteiger partial charge on any atom is 0.226 e. The van der Waals surface area contributed by atoms with Crippen molar-refractivity contribution in [3.63, 3.8) is 0 Å². The van der Waals surface area contributed by atoms with Crippen LogP contribution in [0.15, 0.2) is 0 Å². The molecule has 7 heteroatoms. The molecule has 0 bridgehead atoms. The van der Waals surface area contributed by atoms with Crippen molar-refractivity contribution in [2.75, 3.05) is 0 Å². The van der Waals surface area contributed by atoms with Crippen molar-refractivity contribution in [1.29, 1.82) is 0 Å². The summed E-state index contributed by atoms with van der Waals surface area (Å²) in [5.74, 6) is 0.0519. The van der Waals surface area contributed by atoms with Crippen LogP contribution in [0, 0.1) is 5.92 Å². The highest BCUT2D eigenvalue weighted by molar-refractivity contribution is 6.80. The van der Waals surface area contributed by atoms with Crippen molar-refractivity contribution in [3.8, 4) is 0 Å². The minimum absolute atomic E-state index is 0.0954. The van der Waals surface area contributed by atoms with Gasteiger partial charge in [0.1, 0.15) is 12.1 Å². The highest BCUT2D eigenvalue weighted by Gasteiger charge is 2.61. The van der Waals surface area contributed by atoms with E-state index in [4.69, 9.17) is 8.85 Å². The molecular formula is C20H45NO3Si3. The Hall–Kier alpha value is 0.0406. The van der Waals surface area contributed by atoms with Crippen LogP contribution in [0.25, 0.3) is 0 Å². The average Bonchev–Trinajstić information content (AvgIpc) is 2.32. The van der Waals surface area contributed by atoms with Crippen molar-refractivity contribution >= 4 is 30.8 Å². The fraction of sp³-hybridized carbons (Fsp3) is 0.950. The number of amides is 1. The van der Waals surface area contributed by atoms with Gasteiger partial charge in [-0.05, 0) is 49.7 Å². The molecule has 4 nitrogen and oxygen atoms in total. The fourth-order valence-electron chi connectivity index (χ4n) is 3.08. The van der Waals surface area contributed by atoms with Gasteiger partial charge in [0, 0.05) is 0 Å². The standard InChI is InChI=1S/C20H45NO3Si3/c1-15(23-27(13,14)20(5,6)7)16-17(22)21(18(16)24-25(8,9)10)26(11,12)19(2,3)4/h15-16,18H,1-14H3. The first-order chi connectivity index (χ1) is 11.6. The van der Waals surface area contributed by atoms with E-state index in [1.165, 1.54) is 0 Å². The molecule has 1 fully saturated rings. The molecular weight excluding hydrogens is 386 g/mol. The van der Waals surface area contributed by atoms with Crippen LogP contribution in [0.3, 0.4) is 0 Å². The molecule has 0 aromatic rings. The van der Waals surface area contributed by atoms with E-state index in [2.05, 4.69) is 98.9 Å². The average molecular weight is 432 g/mol. The molecule has 0 saturated carbocycles. The molecule has 3 atom stereocenters. The van der Waals surface area contributed by atoms with Gasteiger partial charge in [-0.1, -0.05) is 54.6 Å². The van der Waals surface area contributed by atoms with Crippen LogP contribution in [0.1, 0.15) is 48.5 Å². The summed E-state index contributed by atoms with van der Waals surface area (Å²) in [6.45, 7) is 31.3. The van der Waals surface area contributed by atoms with E-state index >= 15 is 0 Å². The Labute approximate surface area is 171 Å². The van der Waals surface area contributed by atoms with E-state index in [9.17, 15) is 4.79 Å². The van der Waals surface area contributed by atoms with Crippen LogP contribution < -0.4 is 0 Å². The summed E-state index contributed by atoms with van der Waals surface area (Å²) in [6, 6.07) is 0. The van der Waals surface area contributed by atoms with Crippen LogP contribution in [-0.2, 0) is 13.6 Å². The van der Waals surface area contributed by atoms with Crippen LogP contribution in [0.4, 0.5) is 0 Å². The Morgan fingerprint density at radius 2 is 1.33 bits per heavy atom. The van der Waals surface area contributed by atoms with Gasteiger partial charge in [0.05, 0.1) is 6.10 Å². The monoisotopic (exact) mass is 431 g/mol. The molecule has 27 heavy (non-hydrogen) atoms. The molecule has 1 aliphatic heterocycles. The highest BCUT2D eigenvalue weighted by Crippen LogP contribution is 2.48. The van der Waals surface area contributed by atoms with Crippen molar-refractivity contribution < 1.29 is 13.6 Å². The molecule has 0 aromatic heterocycles. The predicted octanol–water partition coefficient (Wildman–Crippen LogP) is 6.04. The van der Waals surface area contributed by atoms with Gasteiger partial charge >= 0.3 is 0 Å². The third kappa shape index (κ3) is 5.15. The maximum absolute atomic E-state index is 13.4. The van der Waals surface area contributed by atoms with Crippen molar-refractivity contribution in [2.45, 2.75) is 117 Å². The van der Waals surface area contributed by atoms with Crippen molar-refractivity contribution in [3.05, 3.63) is 0 Å². The quantitative estimate of drug-likeness (QED) is 0.380. The maximum atomic E-state index is 13.4. The normalized spacial score (nSPS) is 24.1. The van der Waals surface area contributed by atoms with Gasteiger partial charge in [-0.3, -0.25) is 4.79 Å². The van der Waals surface area contributed by atoms with E-state index in [1.54, 1.807) is 0 Å². The second kappa shape index (κ2) is 7.38. The lowest BCUT2D eigenvalue weighted by atomic mass is 9.94. The van der Waals surface area contributed by atoms with Gasteiger partial charge < -0.3 is 13.4 Å². The lowest BCUT2D eigenvalue weighted by Gasteiger charge is -2.60. The number of rotatable bonds is 6. The smallest absolute Gasteiger partial charge is 0.226 e. The molecule has 1 rings (SSSR count). The summed E-state index contributed by atoms with van der Waals surface area (Å²) in [6.07, 6.45) is -0.245. The molecule has 3 unspecified atom stereocenters. The molecule has 1 amide bonds. The van der Waals surface area contributed by atoms with Crippen LogP contribution >= 0.6 is 0 Å². The predicted molar refractivity (Wildman–Crippen MR) is 123 cm³/mol. The number of β-lactam (4-membered cyclic amide) rings is 1. The van der Waals surface area contributed by atoms with Crippen LogP contribution in [0.5, 0.6) is 0 Å². The van der Waals surface area contributed by atoms with E-state index < -0.39 is 24.9 Å². The second-order valence-electron chi connectivity index (χ2n) is 12.2. The SMILES string of the molecule is CC(O[Si](C)(C)C(C)(C)C)C1C(=O)N([Si](C)(C)C(C)(C)C)C1O[Si](C)(C)C. The highest BCUT2D eigenvalue weighted by atomic mass is 28.4. The van der Waals surface area contributed by atoms with Crippen molar-refractivity contribution in [2.24, 2.45) is 5.92 Å². The molecule has 0 radical (unpaired) electrons. The summed E-state index contributed by atoms with van der Waals surface area (Å²) in [4.78, 5) is 13.4. The topological polar surface area (TPSA) is 38.8 Å². The first-order valence-corrected chi connectivity index (χ1v) is 19.6. The number of hydrogen-bond acceptors (Lipinski definition) is 3. The second-order valence-corrected chi connectivity index (χ2v) is 26.6. The Kier molecular flexibility index (Phi) is 6.85. The number of carbonyl (C=O) groups is 1. The first-order valence-electron chi connectivity index (χ1n) is 10.3. The third-order valence-corrected chi connectivity index (χ3v) is 17.7. The molecule has 0 aliphatic carbocycles. The van der Waals surface area contributed by atoms with E-state index in [0.717, 1.165) is 0 Å². The Morgan fingerprint density at radius 1 is 0.889 bits per heavy atom. The zero-order valence-corrected chi connectivity index (χ0v) is 23.4. The Morgan fingerprint density at radius 3 is 1.67 bits per heavy atom. The van der Waals surface area contributed by atoms with Gasteiger partial charge in [-0.25, -0.2) is 0 Å². The Balaban J connectivity index is 3.19. The number of hydrogen-bond donors (Lipinski definition) is 0. The van der Waals surface area contributed by atoms with Crippen LogP contribution in [-0.4, -0.2) is 47.7 Å². The van der Waals surface area contributed by atoms with Gasteiger partial charge in [0.15, 0.2) is 24.9 Å². The largest absolute Gasteiger partial charge is 0.413 e. The summed E-state index contributed by atoms with van der Waals surface area (Å²) >= 11 is 0. The minimum atomic E-state index is -1.99. The first kappa shape index (κ1) is 25.1.